The molecule has 3 aromatic rings. The van der Waals surface area contributed by atoms with E-state index < -0.39 is 4.75 Å². The quantitative estimate of drug-likeness (QED) is 0.596. The number of amides is 1. The number of fused-ring (bicyclic) bond motifs is 1. The van der Waals surface area contributed by atoms with Gasteiger partial charge in [-0.2, -0.15) is 12.6 Å². The predicted octanol–water partition coefficient (Wildman–Crippen LogP) is 3.70. The van der Waals surface area contributed by atoms with E-state index in [2.05, 4.69) is 9.88 Å². The molecule has 0 radical (unpaired) electrons. The number of morpholine rings is 1. The van der Waals surface area contributed by atoms with Crippen molar-refractivity contribution >= 4 is 35.4 Å². The lowest BCUT2D eigenvalue weighted by molar-refractivity contribution is 0.0827. The van der Waals surface area contributed by atoms with Crippen molar-refractivity contribution in [3.05, 3.63) is 65.1 Å². The maximum Gasteiger partial charge on any atom is 0.253 e. The number of nitrogens with zero attached hydrogens (tertiary/aromatic N) is 4. The second-order valence-electron chi connectivity index (χ2n) is 8.50. The Labute approximate surface area is 192 Å². The Bertz CT molecular complexity index is 1150. The van der Waals surface area contributed by atoms with E-state index in [4.69, 9.17) is 22.3 Å². The summed E-state index contributed by atoms with van der Waals surface area (Å²) in [4.78, 5) is 26.0. The van der Waals surface area contributed by atoms with Crippen LogP contribution in [0.1, 0.15) is 28.4 Å². The van der Waals surface area contributed by atoms with Crippen LogP contribution >= 0.6 is 12.6 Å². The first-order valence-corrected chi connectivity index (χ1v) is 11.0. The topological polar surface area (TPSA) is 58.6 Å². The molecule has 0 bridgehead atoms. The van der Waals surface area contributed by atoms with Crippen LogP contribution < -0.4 is 4.90 Å². The molecule has 0 N–H and O–H groups in total. The second kappa shape index (κ2) is 9.03. The minimum absolute atomic E-state index is 0.123. The number of ether oxygens (including phenoxy) is 1. The average molecular weight is 455 g/mol. The van der Waals surface area contributed by atoms with E-state index in [9.17, 15) is 9.18 Å². The minimum atomic E-state index is -0.715. The molecular formula is C24H27FN4O2S. The van der Waals surface area contributed by atoms with Crippen LogP contribution in [0.5, 0.6) is 0 Å². The number of carbonyl (C=O) groups is 1. The van der Waals surface area contributed by atoms with Crippen molar-refractivity contribution in [2.75, 3.05) is 45.3 Å². The van der Waals surface area contributed by atoms with E-state index in [0.717, 1.165) is 30.0 Å². The molecule has 6 nitrogen and oxygen atoms in total. The molecule has 1 atom stereocenters. The highest BCUT2D eigenvalue weighted by molar-refractivity contribution is 7.81. The summed E-state index contributed by atoms with van der Waals surface area (Å²) in [5.41, 5.74) is 3.44. The number of halogens is 1. The molecule has 1 aliphatic rings. The van der Waals surface area contributed by atoms with Gasteiger partial charge in [-0.25, -0.2) is 9.37 Å². The first kappa shape index (κ1) is 22.5. The first-order valence-electron chi connectivity index (χ1n) is 10.6. The number of rotatable bonds is 5. The molecule has 2 heterocycles. The van der Waals surface area contributed by atoms with Crippen molar-refractivity contribution in [3.63, 3.8) is 0 Å². The van der Waals surface area contributed by atoms with Gasteiger partial charge >= 0.3 is 0 Å². The molecule has 1 fully saturated rings. The molecule has 2 aromatic carbocycles. The van der Waals surface area contributed by atoms with Gasteiger partial charge in [0.25, 0.3) is 5.91 Å². The lowest BCUT2D eigenvalue weighted by Gasteiger charge is -2.29. The molecule has 1 aliphatic heterocycles. The van der Waals surface area contributed by atoms with Gasteiger partial charge < -0.3 is 14.5 Å². The molecule has 4 rings (SSSR count). The summed E-state index contributed by atoms with van der Waals surface area (Å²) < 4.78 is 18.5. The second-order valence-corrected chi connectivity index (χ2v) is 9.49. The smallest absolute Gasteiger partial charge is 0.253 e. The Kier molecular flexibility index (Phi) is 6.35. The zero-order valence-corrected chi connectivity index (χ0v) is 19.4. The summed E-state index contributed by atoms with van der Waals surface area (Å²) >= 11 is 4.98. The van der Waals surface area contributed by atoms with Gasteiger partial charge in [0.05, 0.1) is 30.4 Å². The lowest BCUT2D eigenvalue weighted by Crippen LogP contribution is -2.36. The normalized spacial score (nSPS) is 16.1. The number of aromatic nitrogens is 2. The molecule has 8 heteroatoms. The molecule has 32 heavy (non-hydrogen) atoms. The fourth-order valence-corrected chi connectivity index (χ4v) is 4.34. The summed E-state index contributed by atoms with van der Waals surface area (Å²) in [6.07, 6.45) is 2.20. The summed E-state index contributed by atoms with van der Waals surface area (Å²) in [7, 11) is 3.43. The number of anilines is 1. The van der Waals surface area contributed by atoms with Crippen LogP contribution in [0.3, 0.4) is 0 Å². The van der Waals surface area contributed by atoms with Crippen LogP contribution in [0.2, 0.25) is 0 Å². The number of hydrogen-bond donors (Lipinski definition) is 1. The maximum absolute atomic E-state index is 13.8. The minimum Gasteiger partial charge on any atom is -0.378 e. The molecule has 0 aliphatic carbocycles. The highest BCUT2D eigenvalue weighted by Gasteiger charge is 2.28. The van der Waals surface area contributed by atoms with Crippen LogP contribution in [0.4, 0.5) is 10.2 Å². The van der Waals surface area contributed by atoms with E-state index in [1.54, 1.807) is 32.4 Å². The predicted molar refractivity (Wildman–Crippen MR) is 127 cm³/mol. The van der Waals surface area contributed by atoms with Crippen molar-refractivity contribution in [1.82, 2.24) is 14.9 Å². The Morgan fingerprint density at radius 2 is 2.00 bits per heavy atom. The molecule has 1 aromatic heterocycles. The SMILES string of the molecule is CN(C)C(=O)c1cc(C(C)(S)Cc2cccc(F)c2)c2nc(N3CCOCC3)cnc2c1. The molecule has 1 saturated heterocycles. The van der Waals surface area contributed by atoms with Crippen molar-refractivity contribution in [2.24, 2.45) is 0 Å². The average Bonchev–Trinajstić information content (AvgIpc) is 2.77. The van der Waals surface area contributed by atoms with Crippen molar-refractivity contribution < 1.29 is 13.9 Å². The summed E-state index contributed by atoms with van der Waals surface area (Å²) in [6, 6.07) is 10.1. The van der Waals surface area contributed by atoms with Gasteiger partial charge in [-0.15, -0.1) is 0 Å². The molecule has 1 unspecified atom stereocenters. The molecule has 1 amide bonds. The zero-order valence-electron chi connectivity index (χ0n) is 18.5. The number of thiol groups is 1. The van der Waals surface area contributed by atoms with Crippen LogP contribution in [-0.4, -0.2) is 61.2 Å². The lowest BCUT2D eigenvalue weighted by atomic mass is 9.90. The Morgan fingerprint density at radius 3 is 2.69 bits per heavy atom. The third-order valence-electron chi connectivity index (χ3n) is 5.64. The molecular weight excluding hydrogens is 427 g/mol. The van der Waals surface area contributed by atoms with E-state index in [-0.39, 0.29) is 11.7 Å². The van der Waals surface area contributed by atoms with Crippen LogP contribution in [0.25, 0.3) is 11.0 Å². The summed E-state index contributed by atoms with van der Waals surface area (Å²) in [6.45, 7) is 4.74. The van der Waals surface area contributed by atoms with Crippen LogP contribution in [0.15, 0.2) is 42.6 Å². The van der Waals surface area contributed by atoms with Crippen LogP contribution in [0, 0.1) is 5.82 Å². The summed E-state index contributed by atoms with van der Waals surface area (Å²) in [5.74, 6) is 0.355. The van der Waals surface area contributed by atoms with Gasteiger partial charge in [-0.3, -0.25) is 9.78 Å². The van der Waals surface area contributed by atoms with E-state index >= 15 is 0 Å². The van der Waals surface area contributed by atoms with Gasteiger partial charge in [-0.05, 0) is 48.7 Å². The standard InChI is InChI=1S/C24H27FN4O2S/c1-24(32,14-16-5-4-6-18(25)11-16)19-12-17(23(30)28(2)3)13-20-22(19)27-21(15-26-20)29-7-9-31-10-8-29/h4-6,11-13,15,32H,7-10,14H2,1-3H3. The van der Waals surface area contributed by atoms with Gasteiger partial charge in [-0.1, -0.05) is 12.1 Å². The van der Waals surface area contributed by atoms with Gasteiger partial charge in [0.15, 0.2) is 0 Å². The highest BCUT2D eigenvalue weighted by Crippen LogP contribution is 2.37. The van der Waals surface area contributed by atoms with Crippen molar-refractivity contribution in [3.8, 4) is 0 Å². The third kappa shape index (κ3) is 4.71. The summed E-state index contributed by atoms with van der Waals surface area (Å²) in [5, 5.41) is 0. The van der Waals surface area contributed by atoms with Gasteiger partial charge in [0, 0.05) is 37.5 Å². The molecule has 0 saturated carbocycles. The highest BCUT2D eigenvalue weighted by atomic mass is 32.1. The Hall–Kier alpha value is -2.71. The van der Waals surface area contributed by atoms with Crippen molar-refractivity contribution in [2.45, 2.75) is 18.1 Å². The molecule has 0 spiro atoms. The van der Waals surface area contributed by atoms with Gasteiger partial charge in [0.2, 0.25) is 0 Å². The number of hydrogen-bond acceptors (Lipinski definition) is 6. The van der Waals surface area contributed by atoms with Crippen molar-refractivity contribution in [1.29, 1.82) is 0 Å². The largest absolute Gasteiger partial charge is 0.378 e. The van der Waals surface area contributed by atoms with E-state index in [1.807, 2.05) is 19.1 Å². The number of benzene rings is 2. The fourth-order valence-electron chi connectivity index (χ4n) is 3.98. The Morgan fingerprint density at radius 1 is 1.25 bits per heavy atom. The Balaban J connectivity index is 1.84. The monoisotopic (exact) mass is 454 g/mol. The van der Waals surface area contributed by atoms with E-state index in [0.29, 0.717) is 36.2 Å². The molecule has 168 valence electrons. The van der Waals surface area contributed by atoms with E-state index in [1.165, 1.54) is 17.0 Å². The fraction of sp³-hybridized carbons (Fsp3) is 0.375. The zero-order chi connectivity index (χ0) is 22.9. The third-order valence-corrected chi connectivity index (χ3v) is 6.04. The van der Waals surface area contributed by atoms with Gasteiger partial charge in [0.1, 0.15) is 11.6 Å². The van der Waals surface area contributed by atoms with Crippen LogP contribution in [-0.2, 0) is 15.9 Å². The number of carbonyl (C=O) groups excluding carboxylic acids is 1. The first-order chi connectivity index (χ1) is 15.2. The maximum atomic E-state index is 13.8.